The van der Waals surface area contributed by atoms with E-state index in [1.165, 1.54) is 6.07 Å². The molecule has 158 valence electrons. The highest BCUT2D eigenvalue weighted by atomic mass is 19.4. The van der Waals surface area contributed by atoms with Crippen LogP contribution in [0, 0.1) is 5.92 Å². The van der Waals surface area contributed by atoms with Crippen molar-refractivity contribution in [3.63, 3.8) is 0 Å². The van der Waals surface area contributed by atoms with Crippen LogP contribution >= 0.6 is 0 Å². The Morgan fingerprint density at radius 2 is 1.89 bits per heavy atom. The van der Waals surface area contributed by atoms with E-state index in [1.807, 2.05) is 4.90 Å². The molecule has 1 aromatic carbocycles. The van der Waals surface area contributed by atoms with Gasteiger partial charge < -0.3 is 15.7 Å². The number of likely N-dealkylation sites (tertiary alicyclic amines) is 1. The van der Waals surface area contributed by atoms with Crippen molar-refractivity contribution in [1.29, 1.82) is 0 Å². The maximum Gasteiger partial charge on any atom is 0.416 e. The molecule has 8 heteroatoms. The first-order chi connectivity index (χ1) is 13.1. The maximum atomic E-state index is 12.7. The molecule has 0 aromatic heterocycles. The summed E-state index contributed by atoms with van der Waals surface area (Å²) < 4.78 is 38.2. The smallest absolute Gasteiger partial charge is 0.391 e. The van der Waals surface area contributed by atoms with E-state index >= 15 is 0 Å². The number of alkyl halides is 3. The third kappa shape index (κ3) is 7.41. The zero-order valence-electron chi connectivity index (χ0n) is 16.5. The Morgan fingerprint density at radius 1 is 1.21 bits per heavy atom. The van der Waals surface area contributed by atoms with Crippen LogP contribution in [0.1, 0.15) is 50.7 Å². The van der Waals surface area contributed by atoms with Crippen molar-refractivity contribution in [1.82, 2.24) is 4.90 Å². The van der Waals surface area contributed by atoms with E-state index in [1.54, 1.807) is 6.07 Å². The van der Waals surface area contributed by atoms with Gasteiger partial charge in [0.1, 0.15) is 12.8 Å². The van der Waals surface area contributed by atoms with Gasteiger partial charge in [-0.25, -0.2) is 0 Å². The molecule has 1 aliphatic rings. The molecule has 1 heterocycles. The second-order valence-electron chi connectivity index (χ2n) is 7.77. The first kappa shape index (κ1) is 22.6. The summed E-state index contributed by atoms with van der Waals surface area (Å²) in [6.45, 7) is 5.51. The van der Waals surface area contributed by atoms with Gasteiger partial charge in [0.15, 0.2) is 0 Å². The molecule has 3 N–H and O–H groups in total. The summed E-state index contributed by atoms with van der Waals surface area (Å²) >= 11 is 0. The fourth-order valence-corrected chi connectivity index (χ4v) is 3.33. The molecular weight excluding hydrogens is 371 g/mol. The molecule has 1 saturated heterocycles. The Bertz CT molecular complexity index is 640. The molecule has 0 aliphatic carbocycles. The van der Waals surface area contributed by atoms with Gasteiger partial charge in [-0.3, -0.25) is 4.90 Å². The summed E-state index contributed by atoms with van der Waals surface area (Å²) in [6.07, 6.45) is -2.22. The Labute approximate surface area is 164 Å². The zero-order chi connectivity index (χ0) is 20.7. The van der Waals surface area contributed by atoms with Gasteiger partial charge in [0.25, 0.3) is 0 Å². The van der Waals surface area contributed by atoms with E-state index in [-0.39, 0.29) is 12.6 Å². The molecule has 0 saturated carbocycles. The van der Waals surface area contributed by atoms with Gasteiger partial charge in [-0.05, 0) is 30.0 Å². The van der Waals surface area contributed by atoms with Crippen molar-refractivity contribution in [2.24, 2.45) is 16.8 Å². The largest absolute Gasteiger partial charge is 0.416 e. The van der Waals surface area contributed by atoms with Gasteiger partial charge in [0.05, 0.1) is 11.3 Å². The van der Waals surface area contributed by atoms with Gasteiger partial charge in [-0.2, -0.15) is 13.2 Å². The standard InChI is InChI=1S/C20H30F3N3O2/c1-14(2)10-17(24)12-19(27)26-8-6-18(7-9-26)25-28-13-15-4-3-5-16(11-15)20(21,22)23/h3-5,11,14,17,19,27H,6-10,12-13,24H2,1-2H3/t17-,19?/m0/s1. The molecule has 1 unspecified atom stereocenters. The number of aliphatic hydroxyl groups excluding tert-OH is 1. The molecule has 0 amide bonds. The molecule has 2 atom stereocenters. The Balaban J connectivity index is 1.76. The minimum Gasteiger partial charge on any atom is -0.391 e. The number of piperidine rings is 1. The van der Waals surface area contributed by atoms with E-state index < -0.39 is 18.0 Å². The third-order valence-electron chi connectivity index (χ3n) is 4.76. The number of benzene rings is 1. The van der Waals surface area contributed by atoms with Gasteiger partial charge in [-0.1, -0.05) is 31.1 Å². The van der Waals surface area contributed by atoms with Crippen LogP contribution in [0.5, 0.6) is 0 Å². The number of hydrogen-bond donors (Lipinski definition) is 2. The number of aliphatic hydroxyl groups is 1. The fourth-order valence-electron chi connectivity index (χ4n) is 3.33. The molecule has 28 heavy (non-hydrogen) atoms. The van der Waals surface area contributed by atoms with E-state index in [0.29, 0.717) is 43.8 Å². The van der Waals surface area contributed by atoms with Gasteiger partial charge in [0.2, 0.25) is 0 Å². The zero-order valence-corrected chi connectivity index (χ0v) is 16.5. The second-order valence-corrected chi connectivity index (χ2v) is 7.77. The monoisotopic (exact) mass is 401 g/mol. The van der Waals surface area contributed by atoms with Crippen LogP contribution in [0.4, 0.5) is 13.2 Å². The minimum atomic E-state index is -4.37. The number of hydrogen-bond acceptors (Lipinski definition) is 5. The number of nitrogens with zero attached hydrogens (tertiary/aromatic N) is 2. The van der Waals surface area contributed by atoms with Gasteiger partial charge in [0, 0.05) is 38.4 Å². The Morgan fingerprint density at radius 3 is 2.50 bits per heavy atom. The number of oxime groups is 1. The quantitative estimate of drug-likeness (QED) is 0.651. The van der Waals surface area contributed by atoms with Crippen LogP contribution in [-0.4, -0.2) is 41.1 Å². The first-order valence-electron chi connectivity index (χ1n) is 9.66. The van der Waals surface area contributed by atoms with Gasteiger partial charge >= 0.3 is 6.18 Å². The van der Waals surface area contributed by atoms with Crippen molar-refractivity contribution in [2.75, 3.05) is 13.1 Å². The SMILES string of the molecule is CC(C)C[C@H](N)CC(O)N1CCC(=NOCc2cccc(C(F)(F)F)c2)CC1. The van der Waals surface area contributed by atoms with Crippen LogP contribution < -0.4 is 5.73 Å². The maximum absolute atomic E-state index is 12.7. The molecule has 5 nitrogen and oxygen atoms in total. The van der Waals surface area contributed by atoms with Crippen molar-refractivity contribution in [2.45, 2.75) is 64.6 Å². The fraction of sp³-hybridized carbons (Fsp3) is 0.650. The molecule has 1 aromatic rings. The summed E-state index contributed by atoms with van der Waals surface area (Å²) in [5.41, 5.74) is 6.64. The Hall–Kier alpha value is -1.64. The minimum absolute atomic E-state index is 0.0101. The molecule has 0 radical (unpaired) electrons. The normalized spacial score (nSPS) is 18.2. The summed E-state index contributed by atoms with van der Waals surface area (Å²) in [5, 5.41) is 14.4. The summed E-state index contributed by atoms with van der Waals surface area (Å²) in [7, 11) is 0. The van der Waals surface area contributed by atoms with Crippen LogP contribution in [0.3, 0.4) is 0 Å². The van der Waals surface area contributed by atoms with E-state index in [4.69, 9.17) is 10.6 Å². The van der Waals surface area contributed by atoms with Crippen molar-refractivity contribution in [3.8, 4) is 0 Å². The van der Waals surface area contributed by atoms with Crippen LogP contribution in [0.25, 0.3) is 0 Å². The molecule has 1 fully saturated rings. The average Bonchev–Trinajstić information content (AvgIpc) is 2.61. The van der Waals surface area contributed by atoms with Crippen LogP contribution in [-0.2, 0) is 17.6 Å². The molecule has 0 bridgehead atoms. The lowest BCUT2D eigenvalue weighted by Crippen LogP contribution is -2.44. The lowest BCUT2D eigenvalue weighted by atomic mass is 10.00. The molecule has 0 spiro atoms. The molecule has 1 aliphatic heterocycles. The van der Waals surface area contributed by atoms with Crippen molar-refractivity contribution >= 4 is 5.71 Å². The lowest BCUT2D eigenvalue weighted by Gasteiger charge is -2.33. The van der Waals surface area contributed by atoms with E-state index in [0.717, 1.165) is 24.3 Å². The highest BCUT2D eigenvalue weighted by molar-refractivity contribution is 5.84. The predicted octanol–water partition coefficient (Wildman–Crippen LogP) is 3.76. The first-order valence-corrected chi connectivity index (χ1v) is 9.66. The third-order valence-corrected chi connectivity index (χ3v) is 4.76. The Kier molecular flexibility index (Phi) is 8.27. The number of nitrogens with two attached hydrogens (primary N) is 1. The lowest BCUT2D eigenvalue weighted by molar-refractivity contribution is -0.137. The predicted molar refractivity (Wildman–Crippen MR) is 103 cm³/mol. The van der Waals surface area contributed by atoms with Crippen LogP contribution in [0.2, 0.25) is 0 Å². The van der Waals surface area contributed by atoms with Crippen molar-refractivity contribution in [3.05, 3.63) is 35.4 Å². The number of rotatable bonds is 8. The van der Waals surface area contributed by atoms with E-state index in [2.05, 4.69) is 19.0 Å². The highest BCUT2D eigenvalue weighted by Crippen LogP contribution is 2.29. The topological polar surface area (TPSA) is 71.1 Å². The molecular formula is C20H30F3N3O2. The summed E-state index contributed by atoms with van der Waals surface area (Å²) in [6, 6.07) is 5.01. The highest BCUT2D eigenvalue weighted by Gasteiger charge is 2.30. The summed E-state index contributed by atoms with van der Waals surface area (Å²) in [5.74, 6) is 0.497. The average molecular weight is 401 g/mol. The van der Waals surface area contributed by atoms with Gasteiger partial charge in [-0.15, -0.1) is 0 Å². The molecule has 2 rings (SSSR count). The second kappa shape index (κ2) is 10.2. The van der Waals surface area contributed by atoms with Crippen LogP contribution in [0.15, 0.2) is 29.4 Å². The van der Waals surface area contributed by atoms with Crippen molar-refractivity contribution < 1.29 is 23.1 Å². The van der Waals surface area contributed by atoms with E-state index in [9.17, 15) is 18.3 Å². The number of halogens is 3. The summed E-state index contributed by atoms with van der Waals surface area (Å²) in [4.78, 5) is 7.23.